The highest BCUT2D eigenvalue weighted by atomic mass is 32.2. The number of rotatable bonds is 29. The first kappa shape index (κ1) is 39.6. The average Bonchev–Trinajstić information content (AvgIpc) is 3.63. The van der Waals surface area contributed by atoms with Gasteiger partial charge in [0.2, 0.25) is 5.91 Å². The number of benzene rings is 1. The van der Waals surface area contributed by atoms with Crippen molar-refractivity contribution in [1.29, 1.82) is 0 Å². The topological polar surface area (TPSA) is 175 Å². The van der Waals surface area contributed by atoms with Gasteiger partial charge in [0, 0.05) is 55.6 Å². The van der Waals surface area contributed by atoms with E-state index in [0.29, 0.717) is 103 Å². The Bertz CT molecular complexity index is 1080. The largest absolute Gasteiger partial charge is 0.496 e. The van der Waals surface area contributed by atoms with Crippen molar-refractivity contribution in [2.75, 3.05) is 85.4 Å². The van der Waals surface area contributed by atoms with Crippen molar-refractivity contribution in [3.63, 3.8) is 0 Å². The Balaban J connectivity index is 1.03. The number of fused-ring (bicyclic) bond motifs is 1. The van der Waals surface area contributed by atoms with E-state index in [1.54, 1.807) is 7.11 Å². The number of methoxy groups -OCH3 is 1. The zero-order valence-corrected chi connectivity index (χ0v) is 29.0. The van der Waals surface area contributed by atoms with Crippen LogP contribution in [-0.2, 0) is 35.1 Å². The number of hydrogen-bond donors (Lipinski definition) is 5. The molecular formula is C33H54N4O10S. The van der Waals surface area contributed by atoms with Crippen LogP contribution in [0.4, 0.5) is 4.79 Å². The second kappa shape index (κ2) is 24.3. The Labute approximate surface area is 288 Å². The number of nitrogens with one attached hydrogen (secondary N) is 4. The number of ether oxygens (including phenoxy) is 6. The van der Waals surface area contributed by atoms with Gasteiger partial charge in [0.05, 0.1) is 72.0 Å². The Morgan fingerprint density at radius 3 is 2.33 bits per heavy atom. The molecule has 1 aromatic rings. The molecule has 3 rings (SSSR count). The highest BCUT2D eigenvalue weighted by Gasteiger charge is 2.42. The van der Waals surface area contributed by atoms with E-state index >= 15 is 0 Å². The van der Waals surface area contributed by atoms with Crippen LogP contribution in [0.2, 0.25) is 0 Å². The Hall–Kier alpha value is -2.82. The van der Waals surface area contributed by atoms with Crippen LogP contribution in [-0.4, -0.2) is 126 Å². The lowest BCUT2D eigenvalue weighted by molar-refractivity contribution is -0.137. The van der Waals surface area contributed by atoms with Crippen LogP contribution in [0.3, 0.4) is 0 Å². The van der Waals surface area contributed by atoms with E-state index in [1.165, 1.54) is 0 Å². The molecule has 5 N–H and O–H groups in total. The standard InChI is InChI=1S/C33H54N4O10S/c1-42-28-10-9-26(47-14-4-8-31(39)40)22-25(28)23-34-12-15-44-17-19-46-21-20-45-18-16-43-13-5-11-35-30(38)7-3-2-6-29-32-27(24-48-29)36-33(41)37-32/h9-10,22,27,29,32,34H,2-8,11-21,23-24H2,1H3,(H,35,38)(H,39,40)(H2,36,37,41)/t27-,29-,32-/m0/s1. The smallest absolute Gasteiger partial charge is 0.315 e. The number of carboxylic acid groups (broad SMARTS) is 1. The quantitative estimate of drug-likeness (QED) is 0.0611. The van der Waals surface area contributed by atoms with Crippen LogP contribution in [0, 0.1) is 0 Å². The minimum atomic E-state index is -0.831. The second-order valence-electron chi connectivity index (χ2n) is 11.5. The molecule has 0 unspecified atom stereocenters. The van der Waals surface area contributed by atoms with Gasteiger partial charge in [-0.15, -0.1) is 0 Å². The molecule has 2 heterocycles. The van der Waals surface area contributed by atoms with Gasteiger partial charge in [-0.25, -0.2) is 4.79 Å². The number of urea groups is 1. The fourth-order valence-electron chi connectivity index (χ4n) is 5.29. The molecule has 2 aliphatic heterocycles. The highest BCUT2D eigenvalue weighted by molar-refractivity contribution is 8.00. The molecule has 272 valence electrons. The van der Waals surface area contributed by atoms with E-state index < -0.39 is 5.97 Å². The third-order valence-electron chi connectivity index (χ3n) is 7.78. The third-order valence-corrected chi connectivity index (χ3v) is 9.29. The lowest BCUT2D eigenvalue weighted by atomic mass is 10.0. The van der Waals surface area contributed by atoms with E-state index in [-0.39, 0.29) is 30.4 Å². The molecule has 2 aliphatic rings. The summed E-state index contributed by atoms with van der Waals surface area (Å²) in [5.74, 6) is 1.63. The summed E-state index contributed by atoms with van der Waals surface area (Å²) in [7, 11) is 1.62. The summed E-state index contributed by atoms with van der Waals surface area (Å²) >= 11 is 1.91. The molecule has 1 aromatic carbocycles. The van der Waals surface area contributed by atoms with Crippen LogP contribution in [0.25, 0.3) is 0 Å². The van der Waals surface area contributed by atoms with Gasteiger partial charge in [-0.1, -0.05) is 6.42 Å². The highest BCUT2D eigenvalue weighted by Crippen LogP contribution is 2.33. The van der Waals surface area contributed by atoms with Crippen molar-refractivity contribution in [3.05, 3.63) is 23.8 Å². The molecule has 15 heteroatoms. The molecule has 0 aliphatic carbocycles. The molecule has 3 atom stereocenters. The molecule has 2 fully saturated rings. The number of carboxylic acids is 1. The van der Waals surface area contributed by atoms with Gasteiger partial charge < -0.3 is 54.8 Å². The van der Waals surface area contributed by atoms with E-state index in [2.05, 4.69) is 21.3 Å². The van der Waals surface area contributed by atoms with Gasteiger partial charge in [0.15, 0.2) is 0 Å². The molecule has 14 nitrogen and oxygen atoms in total. The van der Waals surface area contributed by atoms with Gasteiger partial charge in [-0.2, -0.15) is 11.8 Å². The molecule has 0 saturated carbocycles. The Kier molecular flexibility index (Phi) is 20.1. The van der Waals surface area contributed by atoms with E-state index in [0.717, 1.165) is 42.7 Å². The number of hydrogen-bond acceptors (Lipinski definition) is 11. The predicted octanol–water partition coefficient (Wildman–Crippen LogP) is 2.33. The molecule has 0 spiro atoms. The maximum absolute atomic E-state index is 12.1. The summed E-state index contributed by atoms with van der Waals surface area (Å²) < 4.78 is 33.3. The van der Waals surface area contributed by atoms with Gasteiger partial charge in [0.1, 0.15) is 11.5 Å². The minimum absolute atomic E-state index is 0.0590. The van der Waals surface area contributed by atoms with Crippen LogP contribution in [0.15, 0.2) is 18.2 Å². The lowest BCUT2D eigenvalue weighted by Gasteiger charge is -2.16. The van der Waals surface area contributed by atoms with Crippen molar-refractivity contribution in [3.8, 4) is 11.5 Å². The summed E-state index contributed by atoms with van der Waals surface area (Å²) in [6.07, 6.45) is 4.68. The SMILES string of the molecule is COc1ccc(OCCCC(=O)O)cc1CNCCOCCOCCOCCOCCCNC(=O)CCCC[C@@H]1SC[C@@H]2NC(=O)N[C@@H]21. The molecule has 0 bridgehead atoms. The minimum Gasteiger partial charge on any atom is -0.496 e. The maximum atomic E-state index is 12.1. The first-order valence-corrected chi connectivity index (χ1v) is 18.0. The average molecular weight is 699 g/mol. The Morgan fingerprint density at radius 2 is 1.60 bits per heavy atom. The van der Waals surface area contributed by atoms with Crippen LogP contribution in [0.5, 0.6) is 11.5 Å². The molecule has 0 radical (unpaired) electrons. The van der Waals surface area contributed by atoms with E-state index in [1.807, 2.05) is 30.0 Å². The molecule has 0 aromatic heterocycles. The zero-order valence-electron chi connectivity index (χ0n) is 28.1. The third kappa shape index (κ3) is 16.5. The fraction of sp³-hybridized carbons (Fsp3) is 0.727. The molecule has 2 saturated heterocycles. The lowest BCUT2D eigenvalue weighted by Crippen LogP contribution is -2.36. The Morgan fingerprint density at radius 1 is 0.875 bits per heavy atom. The van der Waals surface area contributed by atoms with Crippen LogP contribution < -0.4 is 30.7 Å². The number of carbonyl (C=O) groups is 3. The van der Waals surface area contributed by atoms with Crippen molar-refractivity contribution in [1.82, 2.24) is 21.3 Å². The molecular weight excluding hydrogens is 644 g/mol. The maximum Gasteiger partial charge on any atom is 0.315 e. The second-order valence-corrected chi connectivity index (χ2v) is 12.8. The number of thioether (sulfide) groups is 1. The number of amides is 3. The van der Waals surface area contributed by atoms with Gasteiger partial charge in [-0.3, -0.25) is 9.59 Å². The van der Waals surface area contributed by atoms with Crippen molar-refractivity contribution in [2.45, 2.75) is 68.8 Å². The predicted molar refractivity (Wildman–Crippen MR) is 182 cm³/mol. The van der Waals surface area contributed by atoms with Gasteiger partial charge in [0.25, 0.3) is 0 Å². The number of aliphatic carboxylic acids is 1. The van der Waals surface area contributed by atoms with E-state index in [4.69, 9.17) is 33.5 Å². The summed E-state index contributed by atoms with van der Waals surface area (Å²) in [6, 6.07) is 5.96. The van der Waals surface area contributed by atoms with Gasteiger partial charge in [-0.05, 0) is 43.9 Å². The molecule has 48 heavy (non-hydrogen) atoms. The first-order chi connectivity index (χ1) is 23.5. The first-order valence-electron chi connectivity index (χ1n) is 16.9. The fourth-order valence-corrected chi connectivity index (χ4v) is 6.83. The van der Waals surface area contributed by atoms with Crippen LogP contribution >= 0.6 is 11.8 Å². The summed E-state index contributed by atoms with van der Waals surface area (Å²) in [6.45, 7) is 6.21. The molecule has 3 amide bonds. The van der Waals surface area contributed by atoms with Crippen molar-refractivity contribution >= 4 is 29.7 Å². The monoisotopic (exact) mass is 698 g/mol. The van der Waals surface area contributed by atoms with Crippen LogP contribution in [0.1, 0.15) is 50.5 Å². The normalized spacial score (nSPS) is 18.3. The zero-order chi connectivity index (χ0) is 34.2. The summed E-state index contributed by atoms with van der Waals surface area (Å²) in [5, 5.41) is 21.4. The summed E-state index contributed by atoms with van der Waals surface area (Å²) in [4.78, 5) is 34.2. The number of carbonyl (C=O) groups excluding carboxylic acids is 2. The number of unbranched alkanes of at least 4 members (excludes halogenated alkanes) is 1. The summed E-state index contributed by atoms with van der Waals surface area (Å²) in [5.41, 5.74) is 0.946. The van der Waals surface area contributed by atoms with Gasteiger partial charge >= 0.3 is 12.0 Å². The van der Waals surface area contributed by atoms with Crippen molar-refractivity contribution < 1.29 is 47.9 Å². The van der Waals surface area contributed by atoms with Crippen molar-refractivity contribution in [2.24, 2.45) is 0 Å². The van der Waals surface area contributed by atoms with E-state index in [9.17, 15) is 14.4 Å².